The van der Waals surface area contributed by atoms with E-state index in [2.05, 4.69) is 21.0 Å². The van der Waals surface area contributed by atoms with Crippen LogP contribution in [0.25, 0.3) is 16.9 Å². The third-order valence-corrected chi connectivity index (χ3v) is 5.79. The third kappa shape index (κ3) is 7.93. The van der Waals surface area contributed by atoms with Crippen LogP contribution in [0.1, 0.15) is 18.0 Å². The predicted octanol–water partition coefficient (Wildman–Crippen LogP) is 1.93. The molecule has 2 aromatic carbocycles. The van der Waals surface area contributed by atoms with Crippen molar-refractivity contribution in [1.29, 1.82) is 0 Å². The van der Waals surface area contributed by atoms with E-state index in [0.717, 1.165) is 0 Å². The standard InChI is InChI=1S/C27H30FN5O7/c28-19-6-4-18(5-7-19)24-22(25-26(36)31-27(37)30-25)17-33(32-24)21-3-1-2-20(16-21)29-23(35)8-10-38-12-14-40-15-13-39-11-9-34/h1-7,16-17,25,34H,8-15H2,(H,29,35)(H2,30,31,36,37). The summed E-state index contributed by atoms with van der Waals surface area (Å²) >= 11 is 0. The molecular formula is C27H30FN5O7. The minimum atomic E-state index is -0.964. The third-order valence-electron chi connectivity index (χ3n) is 5.79. The van der Waals surface area contributed by atoms with Crippen molar-refractivity contribution < 1.29 is 38.1 Å². The van der Waals surface area contributed by atoms with Crippen LogP contribution in [0.5, 0.6) is 0 Å². The van der Waals surface area contributed by atoms with Gasteiger partial charge in [0.25, 0.3) is 5.91 Å². The van der Waals surface area contributed by atoms with Gasteiger partial charge in [0.15, 0.2) is 0 Å². The lowest BCUT2D eigenvalue weighted by Gasteiger charge is -2.09. The molecule has 13 heteroatoms. The van der Waals surface area contributed by atoms with Gasteiger partial charge in [0, 0.05) is 23.0 Å². The molecule has 0 aliphatic carbocycles. The largest absolute Gasteiger partial charge is 0.394 e. The summed E-state index contributed by atoms with van der Waals surface area (Å²) in [5.74, 6) is -1.18. The van der Waals surface area contributed by atoms with Gasteiger partial charge in [-0.05, 0) is 42.5 Å². The van der Waals surface area contributed by atoms with Crippen LogP contribution >= 0.6 is 0 Å². The van der Waals surface area contributed by atoms with Gasteiger partial charge in [-0.15, -0.1) is 0 Å². The Morgan fingerprint density at radius 3 is 2.38 bits per heavy atom. The van der Waals surface area contributed by atoms with Gasteiger partial charge in [-0.1, -0.05) is 6.07 Å². The molecule has 1 saturated heterocycles. The maximum Gasteiger partial charge on any atom is 0.322 e. The number of aromatic nitrogens is 2. The molecule has 3 aromatic rings. The van der Waals surface area contributed by atoms with Crippen LogP contribution in [0.15, 0.2) is 54.7 Å². The quantitative estimate of drug-likeness (QED) is 0.164. The van der Waals surface area contributed by atoms with E-state index in [1.165, 1.54) is 16.8 Å². The monoisotopic (exact) mass is 555 g/mol. The zero-order valence-electron chi connectivity index (χ0n) is 21.6. The Morgan fingerprint density at radius 1 is 1.00 bits per heavy atom. The van der Waals surface area contributed by atoms with Crippen molar-refractivity contribution in [2.75, 3.05) is 51.6 Å². The zero-order valence-corrected chi connectivity index (χ0v) is 21.6. The van der Waals surface area contributed by atoms with Gasteiger partial charge in [0.2, 0.25) is 5.91 Å². The molecule has 4 amide bonds. The second-order valence-corrected chi connectivity index (χ2v) is 8.69. The van der Waals surface area contributed by atoms with Crippen LogP contribution in [0.3, 0.4) is 0 Å². The molecule has 1 aromatic heterocycles. The van der Waals surface area contributed by atoms with Gasteiger partial charge >= 0.3 is 6.03 Å². The Kier molecular flexibility index (Phi) is 10.3. The first kappa shape index (κ1) is 28.8. The van der Waals surface area contributed by atoms with E-state index >= 15 is 0 Å². The maximum absolute atomic E-state index is 13.5. The molecule has 40 heavy (non-hydrogen) atoms. The highest BCUT2D eigenvalue weighted by Crippen LogP contribution is 2.30. The summed E-state index contributed by atoms with van der Waals surface area (Å²) in [5, 5.41) is 20.8. The van der Waals surface area contributed by atoms with E-state index in [0.29, 0.717) is 54.6 Å². The van der Waals surface area contributed by atoms with Gasteiger partial charge in [-0.2, -0.15) is 5.10 Å². The topological polar surface area (TPSA) is 153 Å². The summed E-state index contributed by atoms with van der Waals surface area (Å²) in [6.07, 6.45) is 1.76. The number of nitrogens with zero attached hydrogens (tertiary/aromatic N) is 2. The normalized spacial score (nSPS) is 14.7. The Balaban J connectivity index is 1.36. The van der Waals surface area contributed by atoms with Gasteiger partial charge in [0.1, 0.15) is 11.9 Å². The fourth-order valence-corrected chi connectivity index (χ4v) is 3.92. The summed E-state index contributed by atoms with van der Waals surface area (Å²) in [6.45, 7) is 1.95. The van der Waals surface area contributed by atoms with Crippen LogP contribution in [0.4, 0.5) is 14.9 Å². The lowest BCUT2D eigenvalue weighted by molar-refractivity contribution is -0.120. The van der Waals surface area contributed by atoms with Gasteiger partial charge in [-0.25, -0.2) is 13.9 Å². The van der Waals surface area contributed by atoms with E-state index in [4.69, 9.17) is 19.3 Å². The number of hydrogen-bond acceptors (Lipinski definition) is 8. The Labute approximate surface area is 229 Å². The number of anilines is 1. The van der Waals surface area contributed by atoms with E-state index in [-0.39, 0.29) is 32.1 Å². The average molecular weight is 556 g/mol. The molecule has 1 aliphatic rings. The van der Waals surface area contributed by atoms with Crippen molar-refractivity contribution in [2.24, 2.45) is 0 Å². The summed E-state index contributed by atoms with van der Waals surface area (Å²) in [6, 6.07) is 11.0. The first-order chi connectivity index (χ1) is 19.4. The lowest BCUT2D eigenvalue weighted by atomic mass is 10.0. The molecule has 0 saturated carbocycles. The zero-order chi connectivity index (χ0) is 28.3. The number of urea groups is 1. The number of ether oxygens (including phenoxy) is 3. The van der Waals surface area contributed by atoms with Gasteiger partial charge < -0.3 is 30.0 Å². The first-order valence-corrected chi connectivity index (χ1v) is 12.7. The molecule has 4 N–H and O–H groups in total. The number of imide groups is 1. The van der Waals surface area contributed by atoms with Crippen molar-refractivity contribution >= 4 is 23.5 Å². The number of rotatable bonds is 15. The molecule has 1 fully saturated rings. The van der Waals surface area contributed by atoms with Crippen molar-refractivity contribution in [1.82, 2.24) is 20.4 Å². The number of halogens is 1. The van der Waals surface area contributed by atoms with Crippen LogP contribution in [-0.2, 0) is 23.8 Å². The Morgan fingerprint density at radius 2 is 1.70 bits per heavy atom. The fourth-order valence-electron chi connectivity index (χ4n) is 3.92. The molecule has 1 aliphatic heterocycles. The number of carbonyl (C=O) groups excluding carboxylic acids is 3. The molecule has 0 bridgehead atoms. The number of hydrogen-bond donors (Lipinski definition) is 4. The average Bonchev–Trinajstić information content (AvgIpc) is 3.53. The number of carbonyl (C=O) groups is 3. The second-order valence-electron chi connectivity index (χ2n) is 8.69. The van der Waals surface area contributed by atoms with Crippen LogP contribution in [0.2, 0.25) is 0 Å². The molecule has 2 heterocycles. The highest BCUT2D eigenvalue weighted by Gasteiger charge is 2.34. The molecule has 1 atom stereocenters. The van der Waals surface area contributed by atoms with Crippen LogP contribution in [0, 0.1) is 5.82 Å². The van der Waals surface area contributed by atoms with Crippen molar-refractivity contribution in [2.45, 2.75) is 12.5 Å². The summed E-state index contributed by atoms with van der Waals surface area (Å²) in [7, 11) is 0. The molecule has 212 valence electrons. The smallest absolute Gasteiger partial charge is 0.322 e. The van der Waals surface area contributed by atoms with E-state index < -0.39 is 23.8 Å². The molecule has 1 unspecified atom stereocenters. The minimum Gasteiger partial charge on any atom is -0.394 e. The van der Waals surface area contributed by atoms with Crippen LogP contribution < -0.4 is 16.0 Å². The van der Waals surface area contributed by atoms with E-state index in [9.17, 15) is 18.8 Å². The fraction of sp³-hybridized carbons (Fsp3) is 0.333. The SMILES string of the molecule is O=C(CCOCCOCCOCCO)Nc1cccc(-n2cc(C3NC(=O)NC3=O)c(-c3ccc(F)cc3)n2)c1. The minimum absolute atomic E-state index is 0.0283. The molecule has 0 spiro atoms. The van der Waals surface area contributed by atoms with E-state index in [1.54, 1.807) is 42.6 Å². The van der Waals surface area contributed by atoms with Crippen molar-refractivity contribution in [3.8, 4) is 16.9 Å². The molecule has 12 nitrogen and oxygen atoms in total. The maximum atomic E-state index is 13.5. The van der Waals surface area contributed by atoms with Crippen molar-refractivity contribution in [3.05, 3.63) is 66.1 Å². The molecule has 4 rings (SSSR count). The predicted molar refractivity (Wildman–Crippen MR) is 141 cm³/mol. The first-order valence-electron chi connectivity index (χ1n) is 12.7. The second kappa shape index (κ2) is 14.3. The summed E-state index contributed by atoms with van der Waals surface area (Å²) < 4.78 is 30.9. The number of aliphatic hydroxyl groups excluding tert-OH is 1. The molecule has 0 radical (unpaired) electrons. The lowest BCUT2D eigenvalue weighted by Crippen LogP contribution is -2.22. The van der Waals surface area contributed by atoms with E-state index in [1.807, 2.05) is 0 Å². The van der Waals surface area contributed by atoms with Gasteiger partial charge in [0.05, 0.1) is 64.1 Å². The summed E-state index contributed by atoms with van der Waals surface area (Å²) in [4.78, 5) is 36.5. The molecular weight excluding hydrogens is 525 g/mol. The van der Waals surface area contributed by atoms with Crippen molar-refractivity contribution in [3.63, 3.8) is 0 Å². The highest BCUT2D eigenvalue weighted by molar-refractivity contribution is 6.05. The Hall–Kier alpha value is -4.17. The number of aliphatic hydroxyl groups is 1. The number of amides is 4. The number of nitrogens with one attached hydrogen (secondary N) is 3. The summed E-state index contributed by atoms with van der Waals surface area (Å²) in [5.41, 5.74) is 2.52. The van der Waals surface area contributed by atoms with Crippen LogP contribution in [-0.4, -0.2) is 79.0 Å². The highest BCUT2D eigenvalue weighted by atomic mass is 19.1. The number of benzene rings is 2. The Bertz CT molecular complexity index is 1310. The van der Waals surface area contributed by atoms with Gasteiger partial charge in [-0.3, -0.25) is 14.9 Å².